The quantitative estimate of drug-likeness (QED) is 0.317. The van der Waals surface area contributed by atoms with Crippen LogP contribution in [0.2, 0.25) is 0 Å². The summed E-state index contributed by atoms with van der Waals surface area (Å²) < 4.78 is 4.94. The maximum absolute atomic E-state index is 12.3. The van der Waals surface area contributed by atoms with Gasteiger partial charge in [-0.05, 0) is 25.1 Å². The molecule has 182 valence electrons. The topological polar surface area (TPSA) is 191 Å². The second-order valence-corrected chi connectivity index (χ2v) is 7.56. The molecule has 3 amide bonds. The molecule has 1 aliphatic rings. The highest BCUT2D eigenvalue weighted by molar-refractivity contribution is 5.97. The Kier molecular flexibility index (Phi) is 7.34. The third kappa shape index (κ3) is 6.13. The largest absolute Gasteiger partial charge is 0.455 e. The van der Waals surface area contributed by atoms with Crippen molar-refractivity contribution in [2.75, 3.05) is 18.5 Å². The molecule has 14 nitrogen and oxygen atoms in total. The summed E-state index contributed by atoms with van der Waals surface area (Å²) >= 11 is 0. The number of nitro benzene ring substituents is 2. The van der Waals surface area contributed by atoms with E-state index in [1.807, 2.05) is 0 Å². The number of nitrogens with zero attached hydrogens (tertiary/aromatic N) is 3. The summed E-state index contributed by atoms with van der Waals surface area (Å²) in [6.07, 6.45) is -0.259. The summed E-state index contributed by atoms with van der Waals surface area (Å²) in [5, 5.41) is 25.0. The molecule has 0 aliphatic carbocycles. The summed E-state index contributed by atoms with van der Waals surface area (Å²) in [7, 11) is 0. The predicted octanol–water partition coefficient (Wildman–Crippen LogP) is 1.49. The molecule has 0 bridgehead atoms. The fourth-order valence-electron chi connectivity index (χ4n) is 3.23. The van der Waals surface area contributed by atoms with Crippen LogP contribution in [0, 0.1) is 33.1 Å². The average molecular weight is 485 g/mol. The predicted molar refractivity (Wildman–Crippen MR) is 118 cm³/mol. The van der Waals surface area contributed by atoms with E-state index < -0.39 is 46.1 Å². The number of esters is 1. The minimum absolute atomic E-state index is 0.0717. The van der Waals surface area contributed by atoms with Gasteiger partial charge in [0.15, 0.2) is 6.61 Å². The van der Waals surface area contributed by atoms with Crippen LogP contribution in [0.3, 0.4) is 0 Å². The Morgan fingerprint density at radius 3 is 2.40 bits per heavy atom. The van der Waals surface area contributed by atoms with Crippen LogP contribution in [-0.4, -0.2) is 51.7 Å². The standard InChI is InChI=1S/C21H19N5O9/c1-12-2-5-15(9-17(12)26(33)34)22-18(27)11-35-21(30)14-8-19(28)24(10-14)23-20(29)13-3-6-16(7-4-13)25(31)32/h2-7,9,14H,8,10-11H2,1H3,(H,22,27)(H,23,29)/t14-/m1/s1. The number of nitrogens with one attached hydrogen (secondary N) is 2. The second-order valence-electron chi connectivity index (χ2n) is 7.56. The third-order valence-electron chi connectivity index (χ3n) is 5.07. The SMILES string of the molecule is Cc1ccc(NC(=O)COC(=O)[C@@H]2CC(=O)N(NC(=O)c3ccc([N+](=O)[O-])cc3)C2)cc1[N+](=O)[O-]. The van der Waals surface area contributed by atoms with Crippen LogP contribution in [0.5, 0.6) is 0 Å². The van der Waals surface area contributed by atoms with Crippen LogP contribution >= 0.6 is 0 Å². The van der Waals surface area contributed by atoms with Gasteiger partial charge in [-0.25, -0.2) is 0 Å². The van der Waals surface area contributed by atoms with Gasteiger partial charge in [0.05, 0.1) is 22.3 Å². The van der Waals surface area contributed by atoms with E-state index >= 15 is 0 Å². The second kappa shape index (κ2) is 10.4. The van der Waals surface area contributed by atoms with E-state index in [1.165, 1.54) is 30.3 Å². The molecule has 35 heavy (non-hydrogen) atoms. The number of nitro groups is 2. The summed E-state index contributed by atoms with van der Waals surface area (Å²) in [6.45, 7) is 0.675. The van der Waals surface area contributed by atoms with E-state index in [0.717, 1.165) is 17.1 Å². The van der Waals surface area contributed by atoms with Gasteiger partial charge in [-0.3, -0.25) is 49.8 Å². The van der Waals surface area contributed by atoms with Crippen LogP contribution in [-0.2, 0) is 19.1 Å². The lowest BCUT2D eigenvalue weighted by Crippen LogP contribution is -2.43. The van der Waals surface area contributed by atoms with E-state index in [-0.39, 0.29) is 35.6 Å². The Balaban J connectivity index is 1.50. The number of amides is 3. The van der Waals surface area contributed by atoms with E-state index in [4.69, 9.17) is 4.74 Å². The van der Waals surface area contributed by atoms with Crippen LogP contribution in [0.15, 0.2) is 42.5 Å². The van der Waals surface area contributed by atoms with Gasteiger partial charge in [-0.1, -0.05) is 6.07 Å². The molecule has 2 aromatic rings. The summed E-state index contributed by atoms with van der Waals surface area (Å²) in [5.74, 6) is -3.76. The molecule has 0 aromatic heterocycles. The molecule has 0 saturated carbocycles. The molecule has 1 fully saturated rings. The molecule has 2 N–H and O–H groups in total. The minimum atomic E-state index is -0.937. The number of hydrogen-bond acceptors (Lipinski definition) is 9. The van der Waals surface area contributed by atoms with Gasteiger partial charge in [0.1, 0.15) is 0 Å². The van der Waals surface area contributed by atoms with E-state index in [9.17, 15) is 39.4 Å². The van der Waals surface area contributed by atoms with E-state index in [1.54, 1.807) is 6.92 Å². The molecule has 0 radical (unpaired) electrons. The average Bonchev–Trinajstić information content (AvgIpc) is 3.18. The fourth-order valence-corrected chi connectivity index (χ4v) is 3.23. The molecule has 3 rings (SSSR count). The monoisotopic (exact) mass is 485 g/mol. The summed E-state index contributed by atoms with van der Waals surface area (Å²) in [4.78, 5) is 69.3. The lowest BCUT2D eigenvalue weighted by molar-refractivity contribution is -0.385. The van der Waals surface area contributed by atoms with Crippen LogP contribution in [0.25, 0.3) is 0 Å². The maximum Gasteiger partial charge on any atom is 0.311 e. The van der Waals surface area contributed by atoms with Crippen LogP contribution in [0.1, 0.15) is 22.3 Å². The molecule has 1 heterocycles. The molecule has 1 atom stereocenters. The van der Waals surface area contributed by atoms with Crippen molar-refractivity contribution in [2.24, 2.45) is 5.92 Å². The highest BCUT2D eigenvalue weighted by Gasteiger charge is 2.36. The first-order valence-corrected chi connectivity index (χ1v) is 10.1. The Morgan fingerprint density at radius 2 is 1.77 bits per heavy atom. The highest BCUT2D eigenvalue weighted by atomic mass is 16.6. The van der Waals surface area contributed by atoms with Crippen LogP contribution < -0.4 is 10.7 Å². The fraction of sp³-hybridized carbons (Fsp3) is 0.238. The lowest BCUT2D eigenvalue weighted by atomic mass is 10.1. The molecule has 0 spiro atoms. The Morgan fingerprint density at radius 1 is 1.09 bits per heavy atom. The van der Waals surface area contributed by atoms with Crippen molar-refractivity contribution in [3.63, 3.8) is 0 Å². The van der Waals surface area contributed by atoms with Crippen molar-refractivity contribution >= 4 is 40.8 Å². The maximum atomic E-state index is 12.3. The summed E-state index contributed by atoms with van der Waals surface area (Å²) in [5.41, 5.74) is 2.58. The highest BCUT2D eigenvalue weighted by Crippen LogP contribution is 2.22. The van der Waals surface area contributed by atoms with Crippen molar-refractivity contribution in [2.45, 2.75) is 13.3 Å². The first kappa shape index (κ1) is 24.8. The molecular weight excluding hydrogens is 466 g/mol. The summed E-state index contributed by atoms with van der Waals surface area (Å²) in [6, 6.07) is 8.83. The van der Waals surface area contributed by atoms with Crippen molar-refractivity contribution in [3.8, 4) is 0 Å². The number of rotatable bonds is 8. The zero-order valence-electron chi connectivity index (χ0n) is 18.3. The van der Waals surface area contributed by atoms with Gasteiger partial charge < -0.3 is 10.1 Å². The van der Waals surface area contributed by atoms with E-state index in [0.29, 0.717) is 5.56 Å². The number of carbonyl (C=O) groups excluding carboxylic acids is 4. The number of benzene rings is 2. The van der Waals surface area contributed by atoms with E-state index in [2.05, 4.69) is 10.7 Å². The van der Waals surface area contributed by atoms with Gasteiger partial charge in [0.2, 0.25) is 5.91 Å². The smallest absolute Gasteiger partial charge is 0.311 e. The third-order valence-corrected chi connectivity index (χ3v) is 5.07. The number of hydrazine groups is 1. The Hall–Kier alpha value is -4.88. The van der Waals surface area contributed by atoms with Crippen molar-refractivity contribution in [1.29, 1.82) is 0 Å². The first-order chi connectivity index (χ1) is 16.5. The molecule has 14 heteroatoms. The van der Waals surface area contributed by atoms with Crippen LogP contribution in [0.4, 0.5) is 17.1 Å². The number of carbonyl (C=O) groups is 4. The normalized spacial score (nSPS) is 14.8. The number of anilines is 1. The molecule has 1 aliphatic heterocycles. The number of ether oxygens (including phenoxy) is 1. The number of non-ortho nitro benzene ring substituents is 1. The zero-order valence-corrected chi connectivity index (χ0v) is 18.3. The first-order valence-electron chi connectivity index (χ1n) is 10.1. The molecular formula is C21H19N5O9. The van der Waals surface area contributed by atoms with Crippen molar-refractivity contribution in [1.82, 2.24) is 10.4 Å². The lowest BCUT2D eigenvalue weighted by Gasteiger charge is -2.17. The molecule has 1 saturated heterocycles. The Bertz CT molecular complexity index is 1210. The van der Waals surface area contributed by atoms with Gasteiger partial charge in [-0.2, -0.15) is 0 Å². The van der Waals surface area contributed by atoms with Crippen molar-refractivity contribution < 1.29 is 33.8 Å². The number of hydrogen-bond donors (Lipinski definition) is 2. The van der Waals surface area contributed by atoms with Gasteiger partial charge in [0, 0.05) is 41.4 Å². The molecule has 0 unspecified atom stereocenters. The Labute approximate surface area is 197 Å². The zero-order chi connectivity index (χ0) is 25.7. The minimum Gasteiger partial charge on any atom is -0.455 e. The number of aryl methyl sites for hydroxylation is 1. The van der Waals surface area contributed by atoms with Gasteiger partial charge in [0.25, 0.3) is 23.2 Å². The molecule has 2 aromatic carbocycles. The van der Waals surface area contributed by atoms with Gasteiger partial charge >= 0.3 is 5.97 Å². The van der Waals surface area contributed by atoms with Crippen molar-refractivity contribution in [3.05, 3.63) is 73.8 Å². The van der Waals surface area contributed by atoms with Gasteiger partial charge in [-0.15, -0.1) is 0 Å².